The number of anilines is 1. The molecule has 0 aliphatic carbocycles. The Labute approximate surface area is 149 Å². The molecule has 126 valence electrons. The Morgan fingerprint density at radius 1 is 1.24 bits per heavy atom. The monoisotopic (exact) mass is 351 g/mol. The van der Waals surface area contributed by atoms with Gasteiger partial charge in [-0.15, -0.1) is 11.3 Å². The second kappa shape index (κ2) is 6.98. The summed E-state index contributed by atoms with van der Waals surface area (Å²) >= 11 is 1.54. The molecule has 0 radical (unpaired) electrons. The average Bonchev–Trinajstić information content (AvgIpc) is 3.30. The summed E-state index contributed by atoms with van der Waals surface area (Å²) in [6.45, 7) is 0.629. The molecule has 1 aliphatic rings. The van der Waals surface area contributed by atoms with Crippen LogP contribution in [-0.4, -0.2) is 20.9 Å². The maximum Gasteiger partial charge on any atom is 0.220 e. The van der Waals surface area contributed by atoms with Crippen LogP contribution in [0.4, 0.5) is 5.69 Å². The topological polar surface area (TPSA) is 79.8 Å². The zero-order valence-electron chi connectivity index (χ0n) is 13.5. The van der Waals surface area contributed by atoms with Crippen molar-refractivity contribution in [1.29, 1.82) is 0 Å². The molecule has 1 amide bonds. The third-order valence-electron chi connectivity index (χ3n) is 4.07. The molecule has 2 N–H and O–H groups in total. The summed E-state index contributed by atoms with van der Waals surface area (Å²) in [6, 6.07) is 10.1. The van der Waals surface area contributed by atoms with Crippen LogP contribution in [-0.2, 0) is 11.3 Å². The molecule has 4 rings (SSSR count). The van der Waals surface area contributed by atoms with Gasteiger partial charge in [0.25, 0.3) is 0 Å². The van der Waals surface area contributed by atoms with Gasteiger partial charge in [-0.3, -0.25) is 4.79 Å². The third kappa shape index (κ3) is 3.66. The highest BCUT2D eigenvalue weighted by Gasteiger charge is 2.22. The number of amides is 1. The van der Waals surface area contributed by atoms with Crippen molar-refractivity contribution in [3.05, 3.63) is 59.4 Å². The summed E-state index contributed by atoms with van der Waals surface area (Å²) < 4.78 is 0. The number of thiazole rings is 1. The highest BCUT2D eigenvalue weighted by molar-refractivity contribution is 7.13. The average molecular weight is 351 g/mol. The van der Waals surface area contributed by atoms with E-state index >= 15 is 0 Å². The predicted molar refractivity (Wildman–Crippen MR) is 97.0 cm³/mol. The van der Waals surface area contributed by atoms with Crippen molar-refractivity contribution in [3.8, 4) is 10.8 Å². The van der Waals surface area contributed by atoms with Gasteiger partial charge < -0.3 is 10.6 Å². The number of hydrogen-bond donors (Lipinski definition) is 2. The molecule has 1 saturated heterocycles. The van der Waals surface area contributed by atoms with Crippen LogP contribution in [0.5, 0.6) is 0 Å². The summed E-state index contributed by atoms with van der Waals surface area (Å²) in [5.41, 5.74) is 3.10. The molecule has 1 atom stereocenters. The lowest BCUT2D eigenvalue weighted by molar-refractivity contribution is -0.119. The van der Waals surface area contributed by atoms with Crippen molar-refractivity contribution in [1.82, 2.24) is 20.3 Å². The minimum Gasteiger partial charge on any atom is -0.379 e. The standard InChI is InChI=1S/C18H17N5OS/c24-16-6-5-15(23-16)12-3-1-4-13(9-12)21-10-14-11-25-18(22-14)17-19-7-2-8-20-17/h1-4,7-9,11,15,21H,5-6,10H2,(H,23,24). The maximum absolute atomic E-state index is 11.4. The predicted octanol–water partition coefficient (Wildman–Crippen LogP) is 3.16. The highest BCUT2D eigenvalue weighted by atomic mass is 32.1. The summed E-state index contributed by atoms with van der Waals surface area (Å²) in [6.07, 6.45) is 4.89. The van der Waals surface area contributed by atoms with Gasteiger partial charge in [0.1, 0.15) is 0 Å². The van der Waals surface area contributed by atoms with Crippen molar-refractivity contribution >= 4 is 22.9 Å². The molecule has 0 spiro atoms. The van der Waals surface area contributed by atoms with E-state index in [2.05, 4.69) is 37.7 Å². The molecule has 1 fully saturated rings. The van der Waals surface area contributed by atoms with E-state index in [1.807, 2.05) is 17.5 Å². The molecule has 25 heavy (non-hydrogen) atoms. The molecule has 3 aromatic rings. The summed E-state index contributed by atoms with van der Waals surface area (Å²) in [4.78, 5) is 24.4. The summed E-state index contributed by atoms with van der Waals surface area (Å²) in [7, 11) is 0. The van der Waals surface area contributed by atoms with Gasteiger partial charge >= 0.3 is 0 Å². The van der Waals surface area contributed by atoms with Crippen LogP contribution in [0.25, 0.3) is 10.8 Å². The molecular weight excluding hydrogens is 334 g/mol. The molecule has 7 heteroatoms. The van der Waals surface area contributed by atoms with E-state index in [0.717, 1.165) is 28.4 Å². The molecular formula is C18H17N5OS. The van der Waals surface area contributed by atoms with E-state index in [9.17, 15) is 4.79 Å². The fourth-order valence-electron chi connectivity index (χ4n) is 2.82. The Balaban J connectivity index is 1.42. The Hall–Kier alpha value is -2.80. The Morgan fingerprint density at radius 3 is 2.92 bits per heavy atom. The van der Waals surface area contributed by atoms with Crippen molar-refractivity contribution in [2.45, 2.75) is 25.4 Å². The van der Waals surface area contributed by atoms with Crippen LogP contribution < -0.4 is 10.6 Å². The molecule has 0 saturated carbocycles. The molecule has 3 heterocycles. The van der Waals surface area contributed by atoms with E-state index < -0.39 is 0 Å². The van der Waals surface area contributed by atoms with Gasteiger partial charge in [0.05, 0.1) is 18.3 Å². The second-order valence-corrected chi connectivity index (χ2v) is 6.71. The number of nitrogens with zero attached hydrogens (tertiary/aromatic N) is 3. The smallest absolute Gasteiger partial charge is 0.220 e. The van der Waals surface area contributed by atoms with Crippen molar-refractivity contribution in [3.63, 3.8) is 0 Å². The highest BCUT2D eigenvalue weighted by Crippen LogP contribution is 2.26. The number of carbonyl (C=O) groups is 1. The third-order valence-corrected chi connectivity index (χ3v) is 4.95. The van der Waals surface area contributed by atoms with Gasteiger partial charge in [0.2, 0.25) is 5.91 Å². The number of rotatable bonds is 5. The quantitative estimate of drug-likeness (QED) is 0.738. The zero-order chi connectivity index (χ0) is 17.1. The number of carbonyl (C=O) groups excluding carboxylic acids is 1. The molecule has 1 unspecified atom stereocenters. The van der Waals surface area contributed by atoms with Gasteiger partial charge in [0.15, 0.2) is 10.8 Å². The first kappa shape index (κ1) is 15.7. The van der Waals surface area contributed by atoms with Gasteiger partial charge in [-0.25, -0.2) is 15.0 Å². The van der Waals surface area contributed by atoms with Crippen molar-refractivity contribution in [2.75, 3.05) is 5.32 Å². The number of benzene rings is 1. The molecule has 2 aromatic heterocycles. The fraction of sp³-hybridized carbons (Fsp3) is 0.222. The van der Waals surface area contributed by atoms with Gasteiger partial charge in [0, 0.05) is 29.9 Å². The van der Waals surface area contributed by atoms with Crippen LogP contribution >= 0.6 is 11.3 Å². The zero-order valence-corrected chi connectivity index (χ0v) is 14.3. The molecule has 1 aromatic carbocycles. The minimum absolute atomic E-state index is 0.121. The lowest BCUT2D eigenvalue weighted by Crippen LogP contribution is -2.18. The van der Waals surface area contributed by atoms with E-state index in [4.69, 9.17) is 0 Å². The van der Waals surface area contributed by atoms with Gasteiger partial charge in [-0.05, 0) is 30.2 Å². The molecule has 6 nitrogen and oxygen atoms in total. The Morgan fingerprint density at radius 2 is 2.12 bits per heavy atom. The number of nitrogens with one attached hydrogen (secondary N) is 2. The van der Waals surface area contributed by atoms with Crippen LogP contribution in [0.15, 0.2) is 48.1 Å². The Bertz CT molecular complexity index is 880. The summed E-state index contributed by atoms with van der Waals surface area (Å²) in [5.74, 6) is 0.777. The largest absolute Gasteiger partial charge is 0.379 e. The van der Waals surface area contributed by atoms with Crippen LogP contribution in [0.2, 0.25) is 0 Å². The van der Waals surface area contributed by atoms with Crippen LogP contribution in [0.3, 0.4) is 0 Å². The number of hydrogen-bond acceptors (Lipinski definition) is 6. The normalized spacial score (nSPS) is 16.6. The van der Waals surface area contributed by atoms with E-state index in [1.165, 1.54) is 11.3 Å². The lowest BCUT2D eigenvalue weighted by Gasteiger charge is -2.12. The Kier molecular flexibility index (Phi) is 4.39. The van der Waals surface area contributed by atoms with Crippen LogP contribution in [0, 0.1) is 0 Å². The van der Waals surface area contributed by atoms with E-state index in [-0.39, 0.29) is 11.9 Å². The molecule has 0 bridgehead atoms. The minimum atomic E-state index is 0.121. The van der Waals surface area contributed by atoms with Crippen molar-refractivity contribution in [2.24, 2.45) is 0 Å². The number of aromatic nitrogens is 3. The first-order valence-corrected chi connectivity index (χ1v) is 9.01. The fourth-order valence-corrected chi connectivity index (χ4v) is 3.59. The second-order valence-electron chi connectivity index (χ2n) is 5.85. The maximum atomic E-state index is 11.4. The SMILES string of the molecule is O=C1CCC(c2cccc(NCc3csc(-c4ncccn4)n3)c2)N1. The first-order chi connectivity index (χ1) is 12.3. The van der Waals surface area contributed by atoms with Crippen molar-refractivity contribution < 1.29 is 4.79 Å². The van der Waals surface area contributed by atoms with E-state index in [1.54, 1.807) is 18.5 Å². The molecule has 1 aliphatic heterocycles. The van der Waals surface area contributed by atoms with Gasteiger partial charge in [-0.1, -0.05) is 12.1 Å². The lowest BCUT2D eigenvalue weighted by atomic mass is 10.0. The first-order valence-electron chi connectivity index (χ1n) is 8.13. The van der Waals surface area contributed by atoms with Gasteiger partial charge in [-0.2, -0.15) is 0 Å². The summed E-state index contributed by atoms with van der Waals surface area (Å²) in [5, 5.41) is 9.23. The van der Waals surface area contributed by atoms with Crippen LogP contribution in [0.1, 0.15) is 30.1 Å². The van der Waals surface area contributed by atoms with E-state index in [0.29, 0.717) is 18.8 Å².